The maximum atomic E-state index is 13.1. The Labute approximate surface area is 99.6 Å². The Bertz CT molecular complexity index is 561. The molecule has 0 aliphatic carbocycles. The van der Waals surface area contributed by atoms with E-state index < -0.39 is 44.3 Å². The van der Waals surface area contributed by atoms with Crippen molar-refractivity contribution in [3.8, 4) is 0 Å². The highest BCUT2D eigenvalue weighted by molar-refractivity contribution is 7.89. The second-order valence-electron chi connectivity index (χ2n) is 3.09. The lowest BCUT2D eigenvalue weighted by atomic mass is 10.3. The molecule has 0 atom stereocenters. The lowest BCUT2D eigenvalue weighted by Crippen LogP contribution is -2.29. The zero-order valence-corrected chi connectivity index (χ0v) is 9.46. The number of nitrogens with zero attached hydrogens (tertiary/aromatic N) is 1. The highest BCUT2D eigenvalue weighted by Crippen LogP contribution is 2.26. The Hall–Kier alpha value is -1.68. The minimum absolute atomic E-state index is 0.699. The molecule has 0 radical (unpaired) electrons. The van der Waals surface area contributed by atoms with Crippen LogP contribution < -0.4 is 4.72 Å². The molecule has 0 aliphatic rings. The number of halogens is 3. The van der Waals surface area contributed by atoms with Gasteiger partial charge >= 0.3 is 5.69 Å². The van der Waals surface area contributed by atoms with Gasteiger partial charge < -0.3 is 0 Å². The van der Waals surface area contributed by atoms with Gasteiger partial charge in [0, 0.05) is 0 Å². The third-order valence-electron chi connectivity index (χ3n) is 1.85. The van der Waals surface area contributed by atoms with Crippen molar-refractivity contribution in [2.45, 2.75) is 11.3 Å². The van der Waals surface area contributed by atoms with Gasteiger partial charge in [0.1, 0.15) is 0 Å². The third-order valence-corrected chi connectivity index (χ3v) is 3.30. The fraction of sp³-hybridized carbons (Fsp3) is 0.250. The van der Waals surface area contributed by atoms with E-state index in [0.717, 1.165) is 12.1 Å². The maximum Gasteiger partial charge on any atom is 0.324 e. The molecule has 0 spiro atoms. The van der Waals surface area contributed by atoms with Gasteiger partial charge in [-0.2, -0.15) is 4.39 Å². The van der Waals surface area contributed by atoms with Crippen molar-refractivity contribution in [1.29, 1.82) is 0 Å². The average molecular weight is 284 g/mol. The van der Waals surface area contributed by atoms with Crippen LogP contribution in [0.15, 0.2) is 23.1 Å². The Morgan fingerprint density at radius 3 is 2.50 bits per heavy atom. The van der Waals surface area contributed by atoms with Crippen LogP contribution in [0.4, 0.5) is 18.9 Å². The Morgan fingerprint density at radius 1 is 1.39 bits per heavy atom. The molecule has 0 aromatic heterocycles. The van der Waals surface area contributed by atoms with Crippen LogP contribution >= 0.6 is 0 Å². The number of nitrogens with one attached hydrogen (secondary N) is 1. The molecule has 0 saturated carbocycles. The van der Waals surface area contributed by atoms with E-state index >= 15 is 0 Å². The minimum atomic E-state index is -4.57. The lowest BCUT2D eigenvalue weighted by molar-refractivity contribution is -0.390. The molecule has 1 N–H and O–H groups in total. The zero-order chi connectivity index (χ0) is 13.9. The first kappa shape index (κ1) is 14.4. The number of para-hydroxylation sites is 1. The minimum Gasteiger partial charge on any atom is -0.258 e. The molecule has 100 valence electrons. The molecule has 6 nitrogen and oxygen atoms in total. The summed E-state index contributed by atoms with van der Waals surface area (Å²) in [4.78, 5) is 8.33. The fourth-order valence-corrected chi connectivity index (χ4v) is 2.33. The smallest absolute Gasteiger partial charge is 0.258 e. The predicted molar refractivity (Wildman–Crippen MR) is 54.2 cm³/mol. The SMILES string of the molecule is O=[N+]([O-])c1c(F)cccc1S(=O)(=O)NCC(F)F. The monoisotopic (exact) mass is 284 g/mol. The third kappa shape index (κ3) is 3.17. The predicted octanol–water partition coefficient (Wildman–Crippen LogP) is 1.28. The number of nitro benzene ring substituents is 1. The van der Waals surface area contributed by atoms with Gasteiger partial charge in [-0.25, -0.2) is 21.9 Å². The number of sulfonamides is 1. The highest BCUT2D eigenvalue weighted by Gasteiger charge is 2.29. The van der Waals surface area contributed by atoms with Crippen LogP contribution in [0.5, 0.6) is 0 Å². The van der Waals surface area contributed by atoms with E-state index in [1.807, 2.05) is 0 Å². The van der Waals surface area contributed by atoms with Crippen LogP contribution in [-0.2, 0) is 10.0 Å². The van der Waals surface area contributed by atoms with E-state index in [1.54, 1.807) is 0 Å². The van der Waals surface area contributed by atoms with Crippen LogP contribution in [0.3, 0.4) is 0 Å². The normalized spacial score (nSPS) is 11.8. The quantitative estimate of drug-likeness (QED) is 0.651. The summed E-state index contributed by atoms with van der Waals surface area (Å²) in [5.74, 6) is -1.36. The van der Waals surface area contributed by atoms with E-state index in [0.29, 0.717) is 6.07 Å². The maximum absolute atomic E-state index is 13.1. The fourth-order valence-electron chi connectivity index (χ4n) is 1.14. The van der Waals surface area contributed by atoms with Crippen LogP contribution in [-0.4, -0.2) is 26.3 Å². The number of rotatable bonds is 5. The summed E-state index contributed by atoms with van der Waals surface area (Å²) in [6.07, 6.45) is -2.97. The molecule has 0 heterocycles. The largest absolute Gasteiger partial charge is 0.324 e. The van der Waals surface area contributed by atoms with Crippen molar-refractivity contribution >= 4 is 15.7 Å². The molecule has 1 aromatic rings. The molecule has 0 unspecified atom stereocenters. The van der Waals surface area contributed by atoms with Crippen LogP contribution in [0.25, 0.3) is 0 Å². The molecule has 18 heavy (non-hydrogen) atoms. The van der Waals surface area contributed by atoms with E-state index in [-0.39, 0.29) is 0 Å². The topological polar surface area (TPSA) is 89.3 Å². The Kier molecular flexibility index (Phi) is 4.24. The van der Waals surface area contributed by atoms with Crippen molar-refractivity contribution < 1.29 is 26.5 Å². The number of hydrogen-bond acceptors (Lipinski definition) is 4. The number of alkyl halides is 2. The summed E-state index contributed by atoms with van der Waals surface area (Å²) in [5.41, 5.74) is -1.28. The second kappa shape index (κ2) is 5.31. The van der Waals surface area contributed by atoms with Crippen molar-refractivity contribution in [3.63, 3.8) is 0 Å². The number of nitro groups is 1. The number of hydrogen-bond donors (Lipinski definition) is 1. The molecule has 1 aromatic carbocycles. The second-order valence-corrected chi connectivity index (χ2v) is 4.82. The van der Waals surface area contributed by atoms with Crippen LogP contribution in [0, 0.1) is 15.9 Å². The molecular formula is C8H7F3N2O4S. The Balaban J connectivity index is 3.24. The van der Waals surface area contributed by atoms with E-state index in [4.69, 9.17) is 0 Å². The van der Waals surface area contributed by atoms with Gasteiger partial charge in [0.05, 0.1) is 11.5 Å². The van der Waals surface area contributed by atoms with Gasteiger partial charge in [-0.05, 0) is 12.1 Å². The summed E-state index contributed by atoms with van der Waals surface area (Å²) >= 11 is 0. The number of benzene rings is 1. The molecule has 0 aliphatic heterocycles. The first-order valence-corrected chi connectivity index (χ1v) is 5.94. The molecule has 0 saturated heterocycles. The van der Waals surface area contributed by atoms with E-state index in [2.05, 4.69) is 0 Å². The van der Waals surface area contributed by atoms with Crippen molar-refractivity contribution in [1.82, 2.24) is 4.72 Å². The standard InChI is InChI=1S/C8H7F3N2O4S/c9-5-2-1-3-6(8(5)13(14)15)18(16,17)12-4-7(10)11/h1-3,7,12H,4H2. The van der Waals surface area contributed by atoms with E-state index in [9.17, 15) is 31.7 Å². The molecule has 10 heteroatoms. The van der Waals surface area contributed by atoms with Gasteiger partial charge in [0.15, 0.2) is 4.90 Å². The summed E-state index contributed by atoms with van der Waals surface area (Å²) in [5, 5.41) is 10.6. The summed E-state index contributed by atoms with van der Waals surface area (Å²) < 4.78 is 61.4. The van der Waals surface area contributed by atoms with Crippen molar-refractivity contribution in [2.75, 3.05) is 6.54 Å². The molecule has 0 fully saturated rings. The summed E-state index contributed by atoms with van der Waals surface area (Å²) in [7, 11) is -4.57. The first-order valence-electron chi connectivity index (χ1n) is 4.46. The lowest BCUT2D eigenvalue weighted by Gasteiger charge is -2.06. The molecule has 1 rings (SSSR count). The Morgan fingerprint density at radius 2 is 2.00 bits per heavy atom. The average Bonchev–Trinajstić information content (AvgIpc) is 2.25. The van der Waals surface area contributed by atoms with Gasteiger partial charge in [0.25, 0.3) is 6.43 Å². The van der Waals surface area contributed by atoms with Crippen LogP contribution in [0.2, 0.25) is 0 Å². The van der Waals surface area contributed by atoms with Crippen molar-refractivity contribution in [3.05, 3.63) is 34.1 Å². The summed E-state index contributed by atoms with van der Waals surface area (Å²) in [6.45, 7) is -1.21. The molecule has 0 bridgehead atoms. The summed E-state index contributed by atoms with van der Waals surface area (Å²) in [6, 6.07) is 2.39. The van der Waals surface area contributed by atoms with Crippen LogP contribution in [0.1, 0.15) is 0 Å². The van der Waals surface area contributed by atoms with Gasteiger partial charge in [0.2, 0.25) is 15.8 Å². The van der Waals surface area contributed by atoms with Gasteiger partial charge in [-0.1, -0.05) is 6.07 Å². The van der Waals surface area contributed by atoms with Gasteiger partial charge in [-0.3, -0.25) is 10.1 Å². The molecule has 0 amide bonds. The van der Waals surface area contributed by atoms with Crippen molar-refractivity contribution in [2.24, 2.45) is 0 Å². The zero-order valence-electron chi connectivity index (χ0n) is 8.64. The van der Waals surface area contributed by atoms with Gasteiger partial charge in [-0.15, -0.1) is 0 Å². The van der Waals surface area contributed by atoms with E-state index in [1.165, 1.54) is 4.72 Å². The first-order chi connectivity index (χ1) is 8.25. The highest BCUT2D eigenvalue weighted by atomic mass is 32.2. The molecular weight excluding hydrogens is 277 g/mol.